The Morgan fingerprint density at radius 3 is 2.29 bits per heavy atom. The summed E-state index contributed by atoms with van der Waals surface area (Å²) >= 11 is 0. The van der Waals surface area contributed by atoms with Crippen LogP contribution in [0, 0.1) is 0 Å². The summed E-state index contributed by atoms with van der Waals surface area (Å²) in [6.45, 7) is 6.29. The molecule has 2 unspecified atom stereocenters. The minimum absolute atomic E-state index is 0.0492. The van der Waals surface area contributed by atoms with Crippen LogP contribution in [0.4, 0.5) is 4.79 Å². The predicted octanol–water partition coefficient (Wildman–Crippen LogP) is 2.75. The zero-order valence-electron chi connectivity index (χ0n) is 15.0. The van der Waals surface area contributed by atoms with Gasteiger partial charge in [0.15, 0.2) is 0 Å². The first-order chi connectivity index (χ1) is 11.5. The summed E-state index contributed by atoms with van der Waals surface area (Å²) in [6.07, 6.45) is 1.94. The maximum atomic E-state index is 12.0. The van der Waals surface area contributed by atoms with E-state index >= 15 is 0 Å². The van der Waals surface area contributed by atoms with Gasteiger partial charge in [-0.15, -0.1) is 0 Å². The molecule has 0 radical (unpaired) electrons. The van der Waals surface area contributed by atoms with Crippen molar-refractivity contribution in [2.24, 2.45) is 0 Å². The van der Waals surface area contributed by atoms with Gasteiger partial charge in [0.1, 0.15) is 5.75 Å². The molecule has 0 aromatic heterocycles. The van der Waals surface area contributed by atoms with Crippen molar-refractivity contribution in [3.63, 3.8) is 0 Å². The van der Waals surface area contributed by atoms with Gasteiger partial charge < -0.3 is 20.7 Å². The molecule has 134 valence electrons. The van der Waals surface area contributed by atoms with Gasteiger partial charge in [0, 0.05) is 19.0 Å². The molecule has 3 N–H and O–H groups in total. The third-order valence-electron chi connectivity index (χ3n) is 3.89. The minimum atomic E-state index is -0.269. The third kappa shape index (κ3) is 6.89. The van der Waals surface area contributed by atoms with Crippen LogP contribution in [-0.4, -0.2) is 31.6 Å². The molecule has 6 heteroatoms. The van der Waals surface area contributed by atoms with Crippen molar-refractivity contribution in [3.05, 3.63) is 29.8 Å². The molecule has 2 atom stereocenters. The van der Waals surface area contributed by atoms with E-state index in [0.717, 1.165) is 24.2 Å². The van der Waals surface area contributed by atoms with Crippen LogP contribution in [0.2, 0.25) is 0 Å². The summed E-state index contributed by atoms with van der Waals surface area (Å²) in [7, 11) is 1.62. The Hall–Kier alpha value is -2.24. The first kappa shape index (κ1) is 19.8. The Morgan fingerprint density at radius 1 is 1.08 bits per heavy atom. The molecule has 3 amide bonds. The SMILES string of the molecule is CCC(C)NC(=O)CCNC(=O)NC(CC)c1ccc(OC)cc1. The molecule has 0 heterocycles. The molecule has 1 rings (SSSR count). The molecule has 0 aliphatic heterocycles. The van der Waals surface area contributed by atoms with Gasteiger partial charge in [0.25, 0.3) is 0 Å². The molecule has 1 aromatic carbocycles. The first-order valence-corrected chi connectivity index (χ1v) is 8.47. The predicted molar refractivity (Wildman–Crippen MR) is 95.1 cm³/mol. The number of rotatable bonds is 9. The summed E-state index contributed by atoms with van der Waals surface area (Å²) in [5.41, 5.74) is 1.02. The summed E-state index contributed by atoms with van der Waals surface area (Å²) in [5.74, 6) is 0.734. The Morgan fingerprint density at radius 2 is 1.75 bits per heavy atom. The van der Waals surface area contributed by atoms with E-state index in [9.17, 15) is 9.59 Å². The number of amides is 3. The highest BCUT2D eigenvalue weighted by Crippen LogP contribution is 2.19. The van der Waals surface area contributed by atoms with Crippen LogP contribution in [0.15, 0.2) is 24.3 Å². The van der Waals surface area contributed by atoms with Crippen LogP contribution >= 0.6 is 0 Å². The van der Waals surface area contributed by atoms with E-state index in [1.54, 1.807) is 7.11 Å². The molecule has 0 fully saturated rings. The number of benzene rings is 1. The van der Waals surface area contributed by atoms with Crippen LogP contribution in [-0.2, 0) is 4.79 Å². The fraction of sp³-hybridized carbons (Fsp3) is 0.556. The van der Waals surface area contributed by atoms with E-state index < -0.39 is 0 Å². The van der Waals surface area contributed by atoms with Crippen LogP contribution in [0.5, 0.6) is 5.75 Å². The van der Waals surface area contributed by atoms with Gasteiger partial charge >= 0.3 is 6.03 Å². The Kier molecular flexibility index (Phi) is 8.68. The summed E-state index contributed by atoms with van der Waals surface area (Å²) < 4.78 is 5.14. The highest BCUT2D eigenvalue weighted by Gasteiger charge is 2.13. The maximum Gasteiger partial charge on any atom is 0.315 e. The van der Waals surface area contributed by atoms with E-state index in [1.807, 2.05) is 45.0 Å². The lowest BCUT2D eigenvalue weighted by atomic mass is 10.0. The van der Waals surface area contributed by atoms with E-state index in [1.165, 1.54) is 0 Å². The first-order valence-electron chi connectivity index (χ1n) is 8.47. The Balaban J connectivity index is 2.40. The maximum absolute atomic E-state index is 12.0. The molecule has 0 bridgehead atoms. The fourth-order valence-electron chi connectivity index (χ4n) is 2.21. The van der Waals surface area contributed by atoms with Gasteiger partial charge in [-0.1, -0.05) is 26.0 Å². The van der Waals surface area contributed by atoms with Crippen molar-refractivity contribution in [1.82, 2.24) is 16.0 Å². The molecule has 6 nitrogen and oxygen atoms in total. The number of hydrogen-bond acceptors (Lipinski definition) is 3. The minimum Gasteiger partial charge on any atom is -0.497 e. The smallest absolute Gasteiger partial charge is 0.315 e. The standard InChI is InChI=1S/C18H29N3O3/c1-5-13(3)20-17(22)11-12-19-18(23)21-16(6-2)14-7-9-15(24-4)10-8-14/h7-10,13,16H,5-6,11-12H2,1-4H3,(H,20,22)(H2,19,21,23). The molecule has 0 spiro atoms. The van der Waals surface area contributed by atoms with Gasteiger partial charge in [-0.05, 0) is 37.5 Å². The molecule has 24 heavy (non-hydrogen) atoms. The quantitative estimate of drug-likeness (QED) is 0.649. The van der Waals surface area contributed by atoms with Crippen LogP contribution in [0.25, 0.3) is 0 Å². The zero-order chi connectivity index (χ0) is 17.9. The van der Waals surface area contributed by atoms with Crippen LogP contribution < -0.4 is 20.7 Å². The molecule has 0 saturated heterocycles. The van der Waals surface area contributed by atoms with Crippen molar-refractivity contribution in [3.8, 4) is 5.75 Å². The number of nitrogens with one attached hydrogen (secondary N) is 3. The molecule has 0 aliphatic rings. The number of carbonyl (C=O) groups is 2. The second-order valence-corrected chi connectivity index (χ2v) is 5.76. The number of carbonyl (C=O) groups excluding carboxylic acids is 2. The second kappa shape index (κ2) is 10.5. The fourth-order valence-corrected chi connectivity index (χ4v) is 2.21. The van der Waals surface area contributed by atoms with Crippen LogP contribution in [0.3, 0.4) is 0 Å². The van der Waals surface area contributed by atoms with Gasteiger partial charge in [-0.25, -0.2) is 4.79 Å². The second-order valence-electron chi connectivity index (χ2n) is 5.76. The lowest BCUT2D eigenvalue weighted by Gasteiger charge is -2.18. The Labute approximate surface area is 144 Å². The van der Waals surface area contributed by atoms with Crippen molar-refractivity contribution in [2.75, 3.05) is 13.7 Å². The number of hydrogen-bond donors (Lipinski definition) is 3. The summed E-state index contributed by atoms with van der Waals surface area (Å²) in [4.78, 5) is 23.6. The average molecular weight is 335 g/mol. The topological polar surface area (TPSA) is 79.5 Å². The van der Waals surface area contributed by atoms with Crippen molar-refractivity contribution in [1.29, 1.82) is 0 Å². The number of ether oxygens (including phenoxy) is 1. The zero-order valence-corrected chi connectivity index (χ0v) is 15.0. The van der Waals surface area contributed by atoms with Gasteiger partial charge in [0.05, 0.1) is 13.2 Å². The molecule has 0 saturated carbocycles. The third-order valence-corrected chi connectivity index (χ3v) is 3.89. The highest BCUT2D eigenvalue weighted by atomic mass is 16.5. The number of urea groups is 1. The lowest BCUT2D eigenvalue weighted by Crippen LogP contribution is -2.40. The van der Waals surface area contributed by atoms with Crippen molar-refractivity contribution >= 4 is 11.9 Å². The molecular weight excluding hydrogens is 306 g/mol. The van der Waals surface area contributed by atoms with Gasteiger partial charge in [-0.3, -0.25) is 4.79 Å². The largest absolute Gasteiger partial charge is 0.497 e. The average Bonchev–Trinajstić information content (AvgIpc) is 2.59. The van der Waals surface area contributed by atoms with E-state index in [0.29, 0.717) is 6.54 Å². The molecule has 1 aromatic rings. The van der Waals surface area contributed by atoms with Crippen LogP contribution in [0.1, 0.15) is 51.6 Å². The van der Waals surface area contributed by atoms with Crippen molar-refractivity contribution < 1.29 is 14.3 Å². The summed E-state index contributed by atoms with van der Waals surface area (Å²) in [6, 6.07) is 7.43. The Bertz CT molecular complexity index is 517. The lowest BCUT2D eigenvalue weighted by molar-refractivity contribution is -0.121. The summed E-state index contributed by atoms with van der Waals surface area (Å²) in [5, 5.41) is 8.52. The monoisotopic (exact) mass is 335 g/mol. The highest BCUT2D eigenvalue weighted by molar-refractivity contribution is 5.78. The normalized spacial score (nSPS) is 12.8. The van der Waals surface area contributed by atoms with E-state index in [-0.39, 0.29) is 30.4 Å². The number of methoxy groups -OCH3 is 1. The van der Waals surface area contributed by atoms with Crippen molar-refractivity contribution in [2.45, 2.75) is 52.1 Å². The molecule has 0 aliphatic carbocycles. The van der Waals surface area contributed by atoms with Gasteiger partial charge in [-0.2, -0.15) is 0 Å². The van der Waals surface area contributed by atoms with E-state index in [4.69, 9.17) is 4.74 Å². The van der Waals surface area contributed by atoms with Gasteiger partial charge in [0.2, 0.25) is 5.91 Å². The molecular formula is C18H29N3O3. The van der Waals surface area contributed by atoms with E-state index in [2.05, 4.69) is 16.0 Å².